The lowest BCUT2D eigenvalue weighted by molar-refractivity contribution is 0.560. The number of rotatable bonds is 1. The fourth-order valence-corrected chi connectivity index (χ4v) is 1.30. The van der Waals surface area contributed by atoms with Gasteiger partial charge in [-0.2, -0.15) is 0 Å². The molecule has 0 aromatic carbocycles. The van der Waals surface area contributed by atoms with E-state index >= 15 is 0 Å². The molecule has 1 aromatic heterocycles. The van der Waals surface area contributed by atoms with Crippen molar-refractivity contribution in [2.24, 2.45) is 0 Å². The van der Waals surface area contributed by atoms with Gasteiger partial charge in [0.15, 0.2) is 11.1 Å². The fourth-order valence-electron chi connectivity index (χ4n) is 0.924. The normalized spacial score (nSPS) is 14.2. The lowest BCUT2D eigenvalue weighted by atomic mass is 9.88. The van der Waals surface area contributed by atoms with Gasteiger partial charge in [-0.1, -0.05) is 20.8 Å². The standard InChI is InChI=1S/C9H13NO2S/c1-9(2,3)7-4-8(13(11)12)6-10-5-7/h4-6H,1-3H3,(H,11,12). The second-order valence-corrected chi connectivity index (χ2v) is 4.88. The predicted molar refractivity (Wildman–Crippen MR) is 52.0 cm³/mol. The summed E-state index contributed by atoms with van der Waals surface area (Å²) in [6.45, 7) is 6.11. The van der Waals surface area contributed by atoms with Gasteiger partial charge in [-0.15, -0.1) is 0 Å². The smallest absolute Gasteiger partial charge is 0.188 e. The highest BCUT2D eigenvalue weighted by molar-refractivity contribution is 7.79. The molecule has 1 N–H and O–H groups in total. The van der Waals surface area contributed by atoms with Gasteiger partial charge in [-0.25, -0.2) is 4.21 Å². The van der Waals surface area contributed by atoms with Gasteiger partial charge >= 0.3 is 0 Å². The summed E-state index contributed by atoms with van der Waals surface area (Å²) in [6, 6.07) is 1.71. The largest absolute Gasteiger partial charge is 0.302 e. The Hall–Kier alpha value is -0.740. The van der Waals surface area contributed by atoms with E-state index in [0.29, 0.717) is 4.90 Å². The maximum absolute atomic E-state index is 10.8. The van der Waals surface area contributed by atoms with E-state index in [1.807, 2.05) is 20.8 Å². The highest BCUT2D eigenvalue weighted by Gasteiger charge is 2.15. The molecule has 1 rings (SSSR count). The summed E-state index contributed by atoms with van der Waals surface area (Å²) in [5.41, 5.74) is 0.926. The van der Waals surface area contributed by atoms with Crippen molar-refractivity contribution in [2.45, 2.75) is 31.1 Å². The third kappa shape index (κ3) is 2.60. The molecule has 0 aliphatic rings. The van der Waals surface area contributed by atoms with Crippen LogP contribution in [0.4, 0.5) is 0 Å². The number of hydrogen-bond donors (Lipinski definition) is 1. The Bertz CT molecular complexity index is 331. The molecule has 1 atom stereocenters. The lowest BCUT2D eigenvalue weighted by Gasteiger charge is -2.18. The van der Waals surface area contributed by atoms with Crippen molar-refractivity contribution in [2.75, 3.05) is 0 Å². The van der Waals surface area contributed by atoms with Crippen LogP contribution in [0.1, 0.15) is 26.3 Å². The SMILES string of the molecule is CC(C)(C)c1cncc(S(=O)O)c1. The predicted octanol–water partition coefficient (Wildman–Crippen LogP) is 1.96. The minimum absolute atomic E-state index is 0.0393. The van der Waals surface area contributed by atoms with Gasteiger partial charge in [0, 0.05) is 12.4 Å². The molecule has 0 fully saturated rings. The Balaban J connectivity index is 3.13. The Morgan fingerprint density at radius 2 is 2.00 bits per heavy atom. The molecule has 0 spiro atoms. The quantitative estimate of drug-likeness (QED) is 0.703. The first-order chi connectivity index (χ1) is 5.91. The molecule has 1 aromatic rings. The highest BCUT2D eigenvalue weighted by Crippen LogP contribution is 2.22. The van der Waals surface area contributed by atoms with E-state index in [-0.39, 0.29) is 5.41 Å². The Kier molecular flexibility index (Phi) is 2.83. The molecule has 13 heavy (non-hydrogen) atoms. The molecule has 0 radical (unpaired) electrons. The molecule has 1 unspecified atom stereocenters. The average molecular weight is 199 g/mol. The fraction of sp³-hybridized carbons (Fsp3) is 0.444. The van der Waals surface area contributed by atoms with Crippen LogP contribution in [-0.2, 0) is 16.5 Å². The van der Waals surface area contributed by atoms with Crippen LogP contribution >= 0.6 is 0 Å². The number of pyridine rings is 1. The van der Waals surface area contributed by atoms with Crippen LogP contribution in [0.25, 0.3) is 0 Å². The number of nitrogens with zero attached hydrogens (tertiary/aromatic N) is 1. The Morgan fingerprint density at radius 3 is 2.46 bits per heavy atom. The molecule has 1 heterocycles. The van der Waals surface area contributed by atoms with E-state index in [1.165, 1.54) is 6.20 Å². The van der Waals surface area contributed by atoms with Crippen LogP contribution in [0, 0.1) is 0 Å². The van der Waals surface area contributed by atoms with E-state index < -0.39 is 11.1 Å². The minimum Gasteiger partial charge on any atom is -0.302 e. The number of aromatic nitrogens is 1. The first-order valence-electron chi connectivity index (χ1n) is 3.97. The summed E-state index contributed by atoms with van der Waals surface area (Å²) in [5, 5.41) is 0. The van der Waals surface area contributed by atoms with Gasteiger partial charge < -0.3 is 4.55 Å². The minimum atomic E-state index is -1.94. The third-order valence-corrected chi connectivity index (χ3v) is 2.41. The molecule has 0 bridgehead atoms. The van der Waals surface area contributed by atoms with Crippen LogP contribution in [0.2, 0.25) is 0 Å². The van der Waals surface area contributed by atoms with Crippen molar-refractivity contribution >= 4 is 11.1 Å². The highest BCUT2D eigenvalue weighted by atomic mass is 32.2. The van der Waals surface area contributed by atoms with Crippen LogP contribution in [-0.4, -0.2) is 13.7 Å². The van der Waals surface area contributed by atoms with E-state index in [2.05, 4.69) is 4.98 Å². The van der Waals surface area contributed by atoms with Gasteiger partial charge in [0.1, 0.15) is 0 Å². The van der Waals surface area contributed by atoms with E-state index in [1.54, 1.807) is 12.3 Å². The van der Waals surface area contributed by atoms with Crippen LogP contribution < -0.4 is 0 Å². The third-order valence-electron chi connectivity index (χ3n) is 1.78. The van der Waals surface area contributed by atoms with Crippen molar-refractivity contribution < 1.29 is 8.76 Å². The average Bonchev–Trinajstić information content (AvgIpc) is 2.03. The molecule has 72 valence electrons. The molecular formula is C9H13NO2S. The molecule has 3 nitrogen and oxygen atoms in total. The second-order valence-electron chi connectivity index (χ2n) is 3.91. The van der Waals surface area contributed by atoms with Gasteiger partial charge in [0.2, 0.25) is 0 Å². The van der Waals surface area contributed by atoms with E-state index in [9.17, 15) is 4.21 Å². The van der Waals surface area contributed by atoms with E-state index in [0.717, 1.165) is 5.56 Å². The second kappa shape index (κ2) is 3.55. The summed E-state index contributed by atoms with van der Waals surface area (Å²) in [5.74, 6) is 0. The molecule has 0 aliphatic heterocycles. The van der Waals surface area contributed by atoms with Gasteiger partial charge in [-0.05, 0) is 17.0 Å². The lowest BCUT2D eigenvalue weighted by Crippen LogP contribution is -2.12. The molecular weight excluding hydrogens is 186 g/mol. The summed E-state index contributed by atoms with van der Waals surface area (Å²) >= 11 is -1.94. The van der Waals surface area contributed by atoms with Gasteiger partial charge in [0.05, 0.1) is 4.90 Å². The van der Waals surface area contributed by atoms with Crippen LogP contribution in [0.5, 0.6) is 0 Å². The van der Waals surface area contributed by atoms with Crippen LogP contribution in [0.15, 0.2) is 23.4 Å². The van der Waals surface area contributed by atoms with Crippen molar-refractivity contribution in [1.29, 1.82) is 0 Å². The zero-order valence-electron chi connectivity index (χ0n) is 7.94. The summed E-state index contributed by atoms with van der Waals surface area (Å²) in [4.78, 5) is 4.27. The van der Waals surface area contributed by atoms with Gasteiger partial charge in [0.25, 0.3) is 0 Å². The summed E-state index contributed by atoms with van der Waals surface area (Å²) < 4.78 is 19.6. The zero-order chi connectivity index (χ0) is 10.1. The van der Waals surface area contributed by atoms with Crippen molar-refractivity contribution in [3.63, 3.8) is 0 Å². The van der Waals surface area contributed by atoms with Crippen molar-refractivity contribution in [1.82, 2.24) is 4.98 Å². The van der Waals surface area contributed by atoms with E-state index in [4.69, 9.17) is 4.55 Å². The maximum atomic E-state index is 10.8. The topological polar surface area (TPSA) is 50.2 Å². The van der Waals surface area contributed by atoms with Crippen LogP contribution in [0.3, 0.4) is 0 Å². The molecule has 4 heteroatoms. The summed E-state index contributed by atoms with van der Waals surface area (Å²) in [6.07, 6.45) is 3.13. The Labute approximate surface area is 80.5 Å². The molecule has 0 aliphatic carbocycles. The first kappa shape index (κ1) is 10.3. The van der Waals surface area contributed by atoms with Crippen molar-refractivity contribution in [3.8, 4) is 0 Å². The molecule has 0 amide bonds. The molecule has 0 saturated carbocycles. The monoisotopic (exact) mass is 199 g/mol. The molecule has 0 saturated heterocycles. The number of hydrogen-bond acceptors (Lipinski definition) is 2. The van der Waals surface area contributed by atoms with Gasteiger partial charge in [-0.3, -0.25) is 4.98 Å². The summed E-state index contributed by atoms with van der Waals surface area (Å²) in [7, 11) is 0. The first-order valence-corrected chi connectivity index (χ1v) is 5.08. The zero-order valence-corrected chi connectivity index (χ0v) is 8.76. The maximum Gasteiger partial charge on any atom is 0.188 e. The van der Waals surface area contributed by atoms with Crippen molar-refractivity contribution in [3.05, 3.63) is 24.0 Å². The Morgan fingerprint density at radius 1 is 1.38 bits per heavy atom.